The van der Waals surface area contributed by atoms with E-state index in [-0.39, 0.29) is 18.1 Å². The third-order valence-corrected chi connectivity index (χ3v) is 5.11. The van der Waals surface area contributed by atoms with Gasteiger partial charge in [-0.15, -0.1) is 11.8 Å². The lowest BCUT2D eigenvalue weighted by Gasteiger charge is -2.19. The van der Waals surface area contributed by atoms with Crippen LogP contribution >= 0.6 is 27.7 Å². The van der Waals surface area contributed by atoms with Crippen LogP contribution in [0.1, 0.15) is 19.3 Å². The van der Waals surface area contributed by atoms with E-state index >= 15 is 0 Å². The summed E-state index contributed by atoms with van der Waals surface area (Å²) in [6.45, 7) is 0. The minimum Gasteiger partial charge on any atom is -0.373 e. The Morgan fingerprint density at radius 1 is 1.47 bits per heavy atom. The number of carbonyl (C=O) groups is 1. The Kier molecular flexibility index (Phi) is 4.15. The van der Waals surface area contributed by atoms with Crippen molar-refractivity contribution in [2.24, 2.45) is 0 Å². The molecule has 5 heteroatoms. The molecule has 3 rings (SSSR count). The highest BCUT2D eigenvalue weighted by atomic mass is 79.9. The van der Waals surface area contributed by atoms with Crippen LogP contribution in [0.3, 0.4) is 0 Å². The third kappa shape index (κ3) is 3.33. The lowest BCUT2D eigenvalue weighted by Crippen LogP contribution is -2.42. The fraction of sp³-hybridized carbons (Fsp3) is 0.500. The summed E-state index contributed by atoms with van der Waals surface area (Å²) in [7, 11) is 0. The van der Waals surface area contributed by atoms with Crippen molar-refractivity contribution in [3.63, 3.8) is 0 Å². The summed E-state index contributed by atoms with van der Waals surface area (Å²) in [5, 5.41) is 3.10. The molecule has 0 saturated carbocycles. The zero-order chi connectivity index (χ0) is 13.2. The van der Waals surface area contributed by atoms with Crippen LogP contribution in [0.25, 0.3) is 0 Å². The maximum atomic E-state index is 11.9. The number of amides is 1. The smallest absolute Gasteiger partial charge is 0.230 e. The molecule has 0 aliphatic carbocycles. The Labute approximate surface area is 125 Å². The molecule has 102 valence electrons. The Hall–Kier alpha value is -0.520. The second-order valence-electron chi connectivity index (χ2n) is 5.03. The van der Waals surface area contributed by atoms with Gasteiger partial charge >= 0.3 is 0 Å². The molecule has 0 spiro atoms. The predicted molar refractivity (Wildman–Crippen MR) is 79.3 cm³/mol. The van der Waals surface area contributed by atoms with Crippen molar-refractivity contribution in [1.82, 2.24) is 5.32 Å². The topological polar surface area (TPSA) is 38.3 Å². The van der Waals surface area contributed by atoms with Gasteiger partial charge in [-0.25, -0.2) is 0 Å². The summed E-state index contributed by atoms with van der Waals surface area (Å²) in [5.74, 6) is 0.566. The molecule has 2 aliphatic heterocycles. The summed E-state index contributed by atoms with van der Waals surface area (Å²) in [5.41, 5.74) is 0. The average molecular weight is 342 g/mol. The number of fused-ring (bicyclic) bond motifs is 2. The molecule has 2 saturated heterocycles. The van der Waals surface area contributed by atoms with E-state index in [0.29, 0.717) is 11.9 Å². The van der Waals surface area contributed by atoms with Gasteiger partial charge in [0.1, 0.15) is 0 Å². The molecule has 2 fully saturated rings. The first kappa shape index (κ1) is 13.5. The number of benzene rings is 1. The molecule has 19 heavy (non-hydrogen) atoms. The van der Waals surface area contributed by atoms with Crippen LogP contribution in [0.5, 0.6) is 0 Å². The van der Waals surface area contributed by atoms with Gasteiger partial charge in [-0.3, -0.25) is 4.79 Å². The lowest BCUT2D eigenvalue weighted by atomic mass is 9.95. The van der Waals surface area contributed by atoms with Gasteiger partial charge in [0.15, 0.2) is 0 Å². The van der Waals surface area contributed by atoms with Crippen LogP contribution in [0.2, 0.25) is 0 Å². The standard InChI is InChI=1S/C14H16BrNO2S/c15-9-2-1-3-11(6-9)19-8-14(17)16-12-7-10-4-5-13(12)18-10/h1-3,6,10,12-13H,4-5,7-8H2,(H,16,17)/t10-,12-,13+/m1/s1. The normalized spacial score (nSPS) is 28.6. The molecule has 0 aromatic heterocycles. The monoisotopic (exact) mass is 341 g/mol. The third-order valence-electron chi connectivity index (χ3n) is 3.62. The molecular weight excluding hydrogens is 326 g/mol. The summed E-state index contributed by atoms with van der Waals surface area (Å²) in [6.07, 6.45) is 3.87. The van der Waals surface area contributed by atoms with Gasteiger partial charge in [0, 0.05) is 9.37 Å². The van der Waals surface area contributed by atoms with Gasteiger partial charge in [-0.1, -0.05) is 22.0 Å². The van der Waals surface area contributed by atoms with E-state index in [9.17, 15) is 4.79 Å². The predicted octanol–water partition coefficient (Wildman–Crippen LogP) is 2.98. The molecule has 2 aliphatic rings. The van der Waals surface area contributed by atoms with Gasteiger partial charge in [0.2, 0.25) is 5.91 Å². The van der Waals surface area contributed by atoms with Crippen molar-refractivity contribution in [2.45, 2.75) is 42.4 Å². The van der Waals surface area contributed by atoms with Crippen LogP contribution in [-0.2, 0) is 9.53 Å². The van der Waals surface area contributed by atoms with Crippen LogP contribution in [0, 0.1) is 0 Å². The van der Waals surface area contributed by atoms with Crippen LogP contribution in [-0.4, -0.2) is 29.9 Å². The number of hydrogen-bond acceptors (Lipinski definition) is 3. The van der Waals surface area contributed by atoms with Gasteiger partial charge in [0.05, 0.1) is 24.0 Å². The molecular formula is C14H16BrNO2S. The fourth-order valence-electron chi connectivity index (χ4n) is 2.74. The molecule has 1 N–H and O–H groups in total. The molecule has 0 radical (unpaired) electrons. The number of ether oxygens (including phenoxy) is 1. The number of rotatable bonds is 4. The van der Waals surface area contributed by atoms with E-state index < -0.39 is 0 Å². The quantitative estimate of drug-likeness (QED) is 0.855. The first-order valence-electron chi connectivity index (χ1n) is 6.54. The molecule has 3 nitrogen and oxygen atoms in total. The van der Waals surface area contributed by atoms with Crippen molar-refractivity contribution >= 4 is 33.6 Å². The minimum absolute atomic E-state index is 0.103. The molecule has 1 aromatic carbocycles. The van der Waals surface area contributed by atoms with Crippen LogP contribution < -0.4 is 5.32 Å². The van der Waals surface area contributed by atoms with Crippen molar-refractivity contribution in [1.29, 1.82) is 0 Å². The Morgan fingerprint density at radius 3 is 3.05 bits per heavy atom. The highest BCUT2D eigenvalue weighted by Crippen LogP contribution is 2.34. The molecule has 1 aromatic rings. The second-order valence-corrected chi connectivity index (χ2v) is 6.99. The van der Waals surface area contributed by atoms with Gasteiger partial charge in [-0.2, -0.15) is 0 Å². The SMILES string of the molecule is O=C(CSc1cccc(Br)c1)N[C@@H]1C[C@H]2CC[C@@H]1O2. The minimum atomic E-state index is 0.103. The first-order valence-corrected chi connectivity index (χ1v) is 8.32. The lowest BCUT2D eigenvalue weighted by molar-refractivity contribution is -0.119. The van der Waals surface area contributed by atoms with E-state index in [2.05, 4.69) is 21.2 Å². The highest BCUT2D eigenvalue weighted by Gasteiger charge is 2.41. The van der Waals surface area contributed by atoms with Crippen molar-refractivity contribution in [2.75, 3.05) is 5.75 Å². The van der Waals surface area contributed by atoms with Crippen molar-refractivity contribution in [3.05, 3.63) is 28.7 Å². The van der Waals surface area contributed by atoms with E-state index in [1.807, 2.05) is 24.3 Å². The summed E-state index contributed by atoms with van der Waals surface area (Å²) >= 11 is 5.00. The van der Waals surface area contributed by atoms with Gasteiger partial charge in [-0.05, 0) is 37.5 Å². The Balaban J connectivity index is 1.47. The largest absolute Gasteiger partial charge is 0.373 e. The van der Waals surface area contributed by atoms with E-state index in [1.165, 1.54) is 0 Å². The maximum absolute atomic E-state index is 11.9. The molecule has 3 atom stereocenters. The second kappa shape index (κ2) is 5.85. The zero-order valence-corrected chi connectivity index (χ0v) is 12.9. The number of halogens is 1. The average Bonchev–Trinajstić information content (AvgIpc) is 2.99. The number of nitrogens with one attached hydrogen (secondary N) is 1. The van der Waals surface area contributed by atoms with E-state index in [0.717, 1.165) is 28.6 Å². The van der Waals surface area contributed by atoms with E-state index in [1.54, 1.807) is 11.8 Å². The molecule has 2 bridgehead atoms. The first-order chi connectivity index (χ1) is 9.20. The molecule has 1 amide bonds. The number of carbonyl (C=O) groups excluding carboxylic acids is 1. The number of thioether (sulfide) groups is 1. The molecule has 2 heterocycles. The zero-order valence-electron chi connectivity index (χ0n) is 10.5. The Bertz CT molecular complexity index is 482. The molecule has 0 unspecified atom stereocenters. The van der Waals surface area contributed by atoms with E-state index in [4.69, 9.17) is 4.74 Å². The fourth-order valence-corrected chi connectivity index (χ4v) is 4.06. The summed E-state index contributed by atoms with van der Waals surface area (Å²) in [4.78, 5) is 13.0. The number of hydrogen-bond donors (Lipinski definition) is 1. The highest BCUT2D eigenvalue weighted by molar-refractivity contribution is 9.10. The Morgan fingerprint density at radius 2 is 2.37 bits per heavy atom. The van der Waals surface area contributed by atoms with Crippen molar-refractivity contribution < 1.29 is 9.53 Å². The van der Waals surface area contributed by atoms with Crippen molar-refractivity contribution in [3.8, 4) is 0 Å². The summed E-state index contributed by atoms with van der Waals surface area (Å²) < 4.78 is 6.78. The maximum Gasteiger partial charge on any atom is 0.230 e. The van der Waals surface area contributed by atoms with Gasteiger partial charge < -0.3 is 10.1 Å². The van der Waals surface area contributed by atoms with Gasteiger partial charge in [0.25, 0.3) is 0 Å². The van der Waals surface area contributed by atoms with Crippen LogP contribution in [0.15, 0.2) is 33.6 Å². The summed E-state index contributed by atoms with van der Waals surface area (Å²) in [6, 6.07) is 8.24. The van der Waals surface area contributed by atoms with Crippen LogP contribution in [0.4, 0.5) is 0 Å².